The summed E-state index contributed by atoms with van der Waals surface area (Å²) in [5.41, 5.74) is 0. The van der Waals surface area contributed by atoms with Crippen molar-refractivity contribution >= 4 is 41.7 Å². The fourth-order valence-electron chi connectivity index (χ4n) is 2.95. The SMILES string of the molecule is CSCCN=C(NCCc1ccco1)NC1CN(C(C)C)CC1C.I. The molecule has 2 unspecified atom stereocenters. The summed E-state index contributed by atoms with van der Waals surface area (Å²) in [6.45, 7) is 10.8. The third kappa shape index (κ3) is 7.78. The number of hydrogen-bond donors (Lipinski definition) is 2. The molecule has 0 amide bonds. The number of likely N-dealkylation sites (tertiary alicyclic amines) is 1. The molecule has 1 aliphatic rings. The first-order chi connectivity index (χ1) is 11.6. The minimum Gasteiger partial charge on any atom is -0.469 e. The zero-order chi connectivity index (χ0) is 17.4. The Morgan fingerprint density at radius 1 is 1.44 bits per heavy atom. The predicted octanol–water partition coefficient (Wildman–Crippen LogP) is 3.07. The molecular weight excluding hydrogens is 447 g/mol. The van der Waals surface area contributed by atoms with Gasteiger partial charge in [-0.2, -0.15) is 11.8 Å². The van der Waals surface area contributed by atoms with Crippen molar-refractivity contribution in [2.24, 2.45) is 10.9 Å². The van der Waals surface area contributed by atoms with E-state index < -0.39 is 0 Å². The molecule has 1 aromatic rings. The lowest BCUT2D eigenvalue weighted by molar-refractivity contribution is 0.265. The molecule has 1 aromatic heterocycles. The summed E-state index contributed by atoms with van der Waals surface area (Å²) < 4.78 is 5.39. The highest BCUT2D eigenvalue weighted by Gasteiger charge is 2.31. The highest BCUT2D eigenvalue weighted by molar-refractivity contribution is 14.0. The first kappa shape index (κ1) is 22.6. The van der Waals surface area contributed by atoms with Crippen molar-refractivity contribution in [1.29, 1.82) is 0 Å². The van der Waals surface area contributed by atoms with Crippen LogP contribution in [0.25, 0.3) is 0 Å². The summed E-state index contributed by atoms with van der Waals surface area (Å²) in [5.74, 6) is 3.61. The number of guanidine groups is 1. The van der Waals surface area contributed by atoms with Gasteiger partial charge in [-0.15, -0.1) is 24.0 Å². The quantitative estimate of drug-likeness (QED) is 0.259. The molecule has 2 rings (SSSR count). The van der Waals surface area contributed by atoms with Crippen LogP contribution in [0, 0.1) is 5.92 Å². The van der Waals surface area contributed by atoms with E-state index in [4.69, 9.17) is 9.41 Å². The lowest BCUT2D eigenvalue weighted by Gasteiger charge is -2.22. The van der Waals surface area contributed by atoms with Crippen LogP contribution in [-0.4, -0.2) is 61.1 Å². The van der Waals surface area contributed by atoms with E-state index in [9.17, 15) is 0 Å². The Labute approximate surface area is 173 Å². The molecular formula is C18H33IN4OS. The van der Waals surface area contributed by atoms with Gasteiger partial charge >= 0.3 is 0 Å². The summed E-state index contributed by atoms with van der Waals surface area (Å²) in [7, 11) is 0. The zero-order valence-electron chi connectivity index (χ0n) is 15.8. The fourth-order valence-corrected chi connectivity index (χ4v) is 3.22. The van der Waals surface area contributed by atoms with E-state index in [-0.39, 0.29) is 24.0 Å². The van der Waals surface area contributed by atoms with Gasteiger partial charge in [0.1, 0.15) is 5.76 Å². The molecule has 1 fully saturated rings. The second kappa shape index (κ2) is 12.1. The number of thioether (sulfide) groups is 1. The minimum atomic E-state index is 0. The third-order valence-corrected chi connectivity index (χ3v) is 5.09. The van der Waals surface area contributed by atoms with Crippen LogP contribution >= 0.6 is 35.7 Å². The smallest absolute Gasteiger partial charge is 0.191 e. The van der Waals surface area contributed by atoms with Gasteiger partial charge in [0.05, 0.1) is 12.8 Å². The van der Waals surface area contributed by atoms with Gasteiger partial charge in [-0.05, 0) is 38.2 Å². The maximum absolute atomic E-state index is 5.39. The Morgan fingerprint density at radius 2 is 2.24 bits per heavy atom. The van der Waals surface area contributed by atoms with Gasteiger partial charge < -0.3 is 15.1 Å². The fraction of sp³-hybridized carbons (Fsp3) is 0.722. The molecule has 0 bridgehead atoms. The van der Waals surface area contributed by atoms with Gasteiger partial charge in [-0.1, -0.05) is 6.92 Å². The van der Waals surface area contributed by atoms with Crippen molar-refractivity contribution < 1.29 is 4.42 Å². The van der Waals surface area contributed by atoms with Crippen molar-refractivity contribution in [3.8, 4) is 0 Å². The van der Waals surface area contributed by atoms with Gasteiger partial charge in [0.25, 0.3) is 0 Å². The van der Waals surface area contributed by atoms with Gasteiger partial charge in [-0.25, -0.2) is 0 Å². The lowest BCUT2D eigenvalue weighted by atomic mass is 10.1. The molecule has 144 valence electrons. The molecule has 25 heavy (non-hydrogen) atoms. The molecule has 0 aliphatic carbocycles. The second-order valence-electron chi connectivity index (χ2n) is 6.76. The zero-order valence-corrected chi connectivity index (χ0v) is 19.0. The Morgan fingerprint density at radius 3 is 2.84 bits per heavy atom. The third-order valence-electron chi connectivity index (χ3n) is 4.50. The average Bonchev–Trinajstić information content (AvgIpc) is 3.18. The summed E-state index contributed by atoms with van der Waals surface area (Å²) >= 11 is 1.83. The van der Waals surface area contributed by atoms with Gasteiger partial charge in [0.15, 0.2) is 5.96 Å². The molecule has 1 aliphatic heterocycles. The van der Waals surface area contributed by atoms with Gasteiger partial charge in [-0.3, -0.25) is 9.89 Å². The molecule has 2 heterocycles. The number of nitrogens with zero attached hydrogens (tertiary/aromatic N) is 2. The van der Waals surface area contributed by atoms with Gasteiger partial charge in [0.2, 0.25) is 0 Å². The normalized spacial score (nSPS) is 21.4. The standard InChI is InChI=1S/C18H32N4OS.HI/c1-14(2)22-12-15(3)17(13-22)21-18(20-9-11-24-4)19-8-7-16-6-5-10-23-16;/h5-6,10,14-15,17H,7-9,11-13H2,1-4H3,(H2,19,20,21);1H. The average molecular weight is 480 g/mol. The number of rotatable bonds is 8. The van der Waals surface area contributed by atoms with Crippen LogP contribution in [0.5, 0.6) is 0 Å². The highest BCUT2D eigenvalue weighted by atomic mass is 127. The second-order valence-corrected chi connectivity index (χ2v) is 7.74. The first-order valence-electron chi connectivity index (χ1n) is 8.90. The number of hydrogen-bond acceptors (Lipinski definition) is 4. The number of halogens is 1. The number of aliphatic imine (C=N–C) groups is 1. The molecule has 1 saturated heterocycles. The van der Waals surface area contributed by atoms with Crippen LogP contribution in [0.2, 0.25) is 0 Å². The Balaban J connectivity index is 0.00000312. The molecule has 0 radical (unpaired) electrons. The summed E-state index contributed by atoms with van der Waals surface area (Å²) in [6.07, 6.45) is 4.71. The van der Waals surface area contributed by atoms with Crippen molar-refractivity contribution in [1.82, 2.24) is 15.5 Å². The Kier molecular flexibility index (Phi) is 10.9. The Hall–Kier alpha value is -0.410. The number of furan rings is 1. The predicted molar refractivity (Wildman–Crippen MR) is 119 cm³/mol. The van der Waals surface area contributed by atoms with E-state index in [1.54, 1.807) is 6.26 Å². The molecule has 0 aromatic carbocycles. The summed E-state index contributed by atoms with van der Waals surface area (Å²) in [5, 5.41) is 7.11. The monoisotopic (exact) mass is 480 g/mol. The molecule has 0 saturated carbocycles. The Bertz CT molecular complexity index is 495. The maximum atomic E-state index is 5.39. The first-order valence-corrected chi connectivity index (χ1v) is 10.3. The van der Waals surface area contributed by atoms with E-state index in [1.165, 1.54) is 0 Å². The largest absolute Gasteiger partial charge is 0.469 e. The van der Waals surface area contributed by atoms with E-state index in [0.717, 1.165) is 50.1 Å². The minimum absolute atomic E-state index is 0. The molecule has 5 nitrogen and oxygen atoms in total. The van der Waals surface area contributed by atoms with Crippen molar-refractivity contribution in [3.63, 3.8) is 0 Å². The van der Waals surface area contributed by atoms with Crippen LogP contribution in [0.3, 0.4) is 0 Å². The van der Waals surface area contributed by atoms with E-state index in [2.05, 4.69) is 42.6 Å². The maximum Gasteiger partial charge on any atom is 0.191 e. The van der Waals surface area contributed by atoms with Crippen molar-refractivity contribution in [2.75, 3.05) is 38.2 Å². The molecule has 0 spiro atoms. The summed E-state index contributed by atoms with van der Waals surface area (Å²) in [6, 6.07) is 5.00. The molecule has 2 atom stereocenters. The molecule has 7 heteroatoms. The van der Waals surface area contributed by atoms with Crippen LogP contribution < -0.4 is 10.6 Å². The van der Waals surface area contributed by atoms with Crippen molar-refractivity contribution in [2.45, 2.75) is 39.3 Å². The topological polar surface area (TPSA) is 52.8 Å². The van der Waals surface area contributed by atoms with E-state index >= 15 is 0 Å². The van der Waals surface area contributed by atoms with Crippen LogP contribution in [0.15, 0.2) is 27.8 Å². The van der Waals surface area contributed by atoms with Crippen molar-refractivity contribution in [3.05, 3.63) is 24.2 Å². The van der Waals surface area contributed by atoms with Crippen LogP contribution in [0.1, 0.15) is 26.5 Å². The van der Waals surface area contributed by atoms with Crippen LogP contribution in [0.4, 0.5) is 0 Å². The van der Waals surface area contributed by atoms with Gasteiger partial charge in [0, 0.05) is 43.9 Å². The lowest BCUT2D eigenvalue weighted by Crippen LogP contribution is -2.47. The summed E-state index contributed by atoms with van der Waals surface area (Å²) in [4.78, 5) is 7.26. The van der Waals surface area contributed by atoms with Crippen LogP contribution in [-0.2, 0) is 6.42 Å². The highest BCUT2D eigenvalue weighted by Crippen LogP contribution is 2.18. The van der Waals surface area contributed by atoms with E-state index in [1.807, 2.05) is 23.9 Å². The van der Waals surface area contributed by atoms with E-state index in [0.29, 0.717) is 18.0 Å². The molecule has 2 N–H and O–H groups in total. The number of nitrogens with one attached hydrogen (secondary N) is 2.